The van der Waals surface area contributed by atoms with Crippen LogP contribution in [0.25, 0.3) is 0 Å². The Morgan fingerprint density at radius 1 is 1.32 bits per heavy atom. The number of guanidine groups is 1. The molecule has 0 atom stereocenters. The molecule has 2 rings (SSSR count). The first-order chi connectivity index (χ1) is 10.7. The molecule has 1 aliphatic rings. The molecule has 0 bridgehead atoms. The number of rotatable bonds is 8. The molecule has 1 saturated carbocycles. The standard InChI is InChI=1S/C16H23F2N3O/c1-2-19-16(20-8-7-12-3-4-12)21-9-10-22-15-6-5-13(17)11-14(15)18/h5-6,11-12H,2-4,7-10H2,1H3,(H2,19,20,21). The predicted octanol–water partition coefficient (Wildman–Crippen LogP) is 2.70. The van der Waals surface area contributed by atoms with Crippen LogP contribution in [0.4, 0.5) is 8.78 Å². The molecule has 0 aromatic heterocycles. The predicted molar refractivity (Wildman–Crippen MR) is 83.2 cm³/mol. The maximum atomic E-state index is 13.4. The lowest BCUT2D eigenvalue weighted by molar-refractivity contribution is 0.304. The van der Waals surface area contributed by atoms with Crippen LogP contribution in [-0.4, -0.2) is 32.2 Å². The molecule has 0 radical (unpaired) electrons. The summed E-state index contributed by atoms with van der Waals surface area (Å²) in [6.45, 7) is 4.36. The van der Waals surface area contributed by atoms with E-state index in [-0.39, 0.29) is 12.4 Å². The molecule has 0 spiro atoms. The van der Waals surface area contributed by atoms with Crippen molar-refractivity contribution in [3.05, 3.63) is 29.8 Å². The van der Waals surface area contributed by atoms with Crippen molar-refractivity contribution in [2.45, 2.75) is 26.2 Å². The highest BCUT2D eigenvalue weighted by Gasteiger charge is 2.20. The van der Waals surface area contributed by atoms with Gasteiger partial charge < -0.3 is 15.4 Å². The fraction of sp³-hybridized carbons (Fsp3) is 0.562. The Morgan fingerprint density at radius 3 is 2.82 bits per heavy atom. The number of aliphatic imine (C=N–C) groups is 1. The minimum Gasteiger partial charge on any atom is -0.489 e. The van der Waals surface area contributed by atoms with Gasteiger partial charge in [-0.3, -0.25) is 4.99 Å². The first-order valence-electron chi connectivity index (χ1n) is 7.79. The van der Waals surface area contributed by atoms with E-state index in [2.05, 4.69) is 15.6 Å². The van der Waals surface area contributed by atoms with Gasteiger partial charge in [0, 0.05) is 19.2 Å². The van der Waals surface area contributed by atoms with Crippen LogP contribution in [0.15, 0.2) is 23.2 Å². The molecular formula is C16H23F2N3O. The molecule has 2 N–H and O–H groups in total. The molecule has 0 saturated heterocycles. The van der Waals surface area contributed by atoms with Gasteiger partial charge in [0.15, 0.2) is 17.5 Å². The van der Waals surface area contributed by atoms with Gasteiger partial charge in [-0.15, -0.1) is 0 Å². The first kappa shape index (κ1) is 16.5. The van der Waals surface area contributed by atoms with E-state index in [4.69, 9.17) is 4.74 Å². The van der Waals surface area contributed by atoms with E-state index in [1.54, 1.807) is 0 Å². The third-order valence-corrected chi connectivity index (χ3v) is 3.39. The lowest BCUT2D eigenvalue weighted by atomic mass is 10.3. The number of benzene rings is 1. The second-order valence-corrected chi connectivity index (χ2v) is 5.34. The number of nitrogens with one attached hydrogen (secondary N) is 2. The molecule has 122 valence electrons. The zero-order valence-corrected chi connectivity index (χ0v) is 12.9. The van der Waals surface area contributed by atoms with Crippen molar-refractivity contribution < 1.29 is 13.5 Å². The summed E-state index contributed by atoms with van der Waals surface area (Å²) in [6.07, 6.45) is 3.79. The molecule has 0 aliphatic heterocycles. The lowest BCUT2D eigenvalue weighted by Gasteiger charge is -2.12. The molecule has 22 heavy (non-hydrogen) atoms. The fourth-order valence-electron chi connectivity index (χ4n) is 2.03. The van der Waals surface area contributed by atoms with Gasteiger partial charge in [-0.25, -0.2) is 8.78 Å². The molecule has 1 aliphatic carbocycles. The summed E-state index contributed by atoms with van der Waals surface area (Å²) in [5.41, 5.74) is 0. The van der Waals surface area contributed by atoms with Gasteiger partial charge in [0.1, 0.15) is 12.4 Å². The molecule has 4 nitrogen and oxygen atoms in total. The molecular weight excluding hydrogens is 288 g/mol. The summed E-state index contributed by atoms with van der Waals surface area (Å²) in [5, 5.41) is 6.29. The largest absolute Gasteiger partial charge is 0.489 e. The van der Waals surface area contributed by atoms with Crippen LogP contribution < -0.4 is 15.4 Å². The van der Waals surface area contributed by atoms with Gasteiger partial charge in [0.25, 0.3) is 0 Å². The van der Waals surface area contributed by atoms with Gasteiger partial charge in [-0.1, -0.05) is 12.8 Å². The maximum absolute atomic E-state index is 13.4. The Bertz CT molecular complexity index is 504. The van der Waals surface area contributed by atoms with Crippen LogP contribution >= 0.6 is 0 Å². The SMILES string of the molecule is CCNC(=NCCC1CC1)NCCOc1ccc(F)cc1F. The fourth-order valence-corrected chi connectivity index (χ4v) is 2.03. The summed E-state index contributed by atoms with van der Waals surface area (Å²) in [4.78, 5) is 4.48. The van der Waals surface area contributed by atoms with E-state index >= 15 is 0 Å². The van der Waals surface area contributed by atoms with Crippen molar-refractivity contribution in [1.29, 1.82) is 0 Å². The molecule has 1 aromatic carbocycles. The molecule has 0 unspecified atom stereocenters. The topological polar surface area (TPSA) is 45.7 Å². The van der Waals surface area contributed by atoms with Crippen molar-refractivity contribution in [2.24, 2.45) is 10.9 Å². The van der Waals surface area contributed by atoms with E-state index in [0.29, 0.717) is 6.54 Å². The average Bonchev–Trinajstić information content (AvgIpc) is 3.29. The monoisotopic (exact) mass is 311 g/mol. The Balaban J connectivity index is 1.69. The Hall–Kier alpha value is -1.85. The van der Waals surface area contributed by atoms with E-state index in [0.717, 1.165) is 37.5 Å². The Morgan fingerprint density at radius 2 is 2.14 bits per heavy atom. The number of nitrogens with zero attached hydrogens (tertiary/aromatic N) is 1. The maximum Gasteiger partial charge on any atom is 0.191 e. The normalized spacial score (nSPS) is 14.8. The molecule has 1 fully saturated rings. The van der Waals surface area contributed by atoms with Crippen molar-refractivity contribution in [2.75, 3.05) is 26.2 Å². The second kappa shape index (κ2) is 8.56. The Labute approximate surface area is 130 Å². The smallest absolute Gasteiger partial charge is 0.191 e. The summed E-state index contributed by atoms with van der Waals surface area (Å²) in [6, 6.07) is 3.28. The third-order valence-electron chi connectivity index (χ3n) is 3.39. The quantitative estimate of drug-likeness (QED) is 0.441. The van der Waals surface area contributed by atoms with Crippen molar-refractivity contribution in [3.63, 3.8) is 0 Å². The van der Waals surface area contributed by atoms with Crippen LogP contribution in [0.5, 0.6) is 5.75 Å². The van der Waals surface area contributed by atoms with E-state index in [1.807, 2.05) is 6.92 Å². The Kier molecular flexibility index (Phi) is 6.43. The highest BCUT2D eigenvalue weighted by Crippen LogP contribution is 2.32. The number of hydrogen-bond acceptors (Lipinski definition) is 2. The summed E-state index contributed by atoms with van der Waals surface area (Å²) >= 11 is 0. The van der Waals surface area contributed by atoms with Crippen LogP contribution in [0, 0.1) is 17.6 Å². The minimum absolute atomic E-state index is 0.0545. The van der Waals surface area contributed by atoms with Crippen molar-refractivity contribution >= 4 is 5.96 Å². The van der Waals surface area contributed by atoms with E-state index < -0.39 is 11.6 Å². The van der Waals surface area contributed by atoms with Gasteiger partial charge in [-0.05, 0) is 31.4 Å². The van der Waals surface area contributed by atoms with Crippen LogP contribution in [0.2, 0.25) is 0 Å². The molecule has 0 amide bonds. The zero-order valence-electron chi connectivity index (χ0n) is 12.9. The van der Waals surface area contributed by atoms with E-state index in [1.165, 1.54) is 25.0 Å². The van der Waals surface area contributed by atoms with Gasteiger partial charge in [-0.2, -0.15) is 0 Å². The highest BCUT2D eigenvalue weighted by molar-refractivity contribution is 5.79. The second-order valence-electron chi connectivity index (χ2n) is 5.34. The summed E-state index contributed by atoms with van der Waals surface area (Å²) in [5.74, 6) is 0.354. The molecule has 1 aromatic rings. The zero-order chi connectivity index (χ0) is 15.8. The third kappa shape index (κ3) is 5.87. The summed E-state index contributed by atoms with van der Waals surface area (Å²) < 4.78 is 31.4. The molecule has 0 heterocycles. The van der Waals surface area contributed by atoms with Crippen LogP contribution in [-0.2, 0) is 0 Å². The van der Waals surface area contributed by atoms with Crippen LogP contribution in [0.3, 0.4) is 0 Å². The number of ether oxygens (including phenoxy) is 1. The van der Waals surface area contributed by atoms with Gasteiger partial charge >= 0.3 is 0 Å². The minimum atomic E-state index is -0.690. The van der Waals surface area contributed by atoms with Gasteiger partial charge in [0.05, 0.1) is 6.54 Å². The lowest BCUT2D eigenvalue weighted by Crippen LogP contribution is -2.39. The number of hydrogen-bond donors (Lipinski definition) is 2. The van der Waals surface area contributed by atoms with Crippen molar-refractivity contribution in [3.8, 4) is 5.75 Å². The molecule has 6 heteroatoms. The van der Waals surface area contributed by atoms with Crippen molar-refractivity contribution in [1.82, 2.24) is 10.6 Å². The van der Waals surface area contributed by atoms with Gasteiger partial charge in [0.2, 0.25) is 0 Å². The van der Waals surface area contributed by atoms with Crippen LogP contribution in [0.1, 0.15) is 26.2 Å². The first-order valence-corrected chi connectivity index (χ1v) is 7.79. The van der Waals surface area contributed by atoms with E-state index in [9.17, 15) is 8.78 Å². The average molecular weight is 311 g/mol. The summed E-state index contributed by atoms with van der Waals surface area (Å²) in [7, 11) is 0. The number of halogens is 2. The highest BCUT2D eigenvalue weighted by atomic mass is 19.1.